The number of thioether (sulfide) groups is 1. The summed E-state index contributed by atoms with van der Waals surface area (Å²) in [5, 5.41) is 11.2. The van der Waals surface area contributed by atoms with E-state index in [0.29, 0.717) is 38.5 Å². The highest BCUT2D eigenvalue weighted by atomic mass is 32.2. The molecule has 7 nitrogen and oxygen atoms in total. The molecule has 0 unspecified atom stereocenters. The van der Waals surface area contributed by atoms with Gasteiger partial charge in [-0.1, -0.05) is 51.1 Å². The van der Waals surface area contributed by atoms with Crippen molar-refractivity contribution in [1.29, 1.82) is 0 Å². The number of ether oxygens (including phenoxy) is 2. The van der Waals surface area contributed by atoms with Crippen molar-refractivity contribution in [3.8, 4) is 22.8 Å². The Balaban J connectivity index is 1.52. The van der Waals surface area contributed by atoms with Crippen LogP contribution in [-0.4, -0.2) is 43.6 Å². The summed E-state index contributed by atoms with van der Waals surface area (Å²) in [5.41, 5.74) is 5.32. The van der Waals surface area contributed by atoms with Crippen molar-refractivity contribution in [1.82, 2.24) is 14.5 Å². The minimum atomic E-state index is -0.953. The maximum atomic E-state index is 12.4. The molecule has 0 saturated carbocycles. The number of fused-ring (bicyclic) bond motifs is 1. The molecule has 0 atom stereocenters. The predicted octanol–water partition coefficient (Wildman–Crippen LogP) is 8.71. The van der Waals surface area contributed by atoms with Gasteiger partial charge in [0, 0.05) is 75.3 Å². The van der Waals surface area contributed by atoms with Crippen molar-refractivity contribution >= 4 is 28.6 Å². The van der Waals surface area contributed by atoms with Crippen molar-refractivity contribution in [2.45, 2.75) is 70.6 Å². The fraction of sp³-hybridized carbons (Fsp3) is 0.342. The molecule has 0 spiro atoms. The molecule has 0 fully saturated rings. The van der Waals surface area contributed by atoms with E-state index in [2.05, 4.69) is 71.7 Å². The SMILES string of the molecule is CCOc1ccc(-c2ccc(Cn3c(CC(C)(C)C(=O)O)c(SC(C)(C)C)c4cc(OCCc5ccccn5)ccc43)cc2)cn1. The van der Waals surface area contributed by atoms with Gasteiger partial charge in [-0.25, -0.2) is 4.98 Å². The fourth-order valence-corrected chi connectivity index (χ4v) is 6.49. The molecule has 1 N–H and O–H groups in total. The van der Waals surface area contributed by atoms with Gasteiger partial charge in [0.25, 0.3) is 0 Å². The van der Waals surface area contributed by atoms with Gasteiger partial charge in [0.2, 0.25) is 5.88 Å². The molecule has 3 heterocycles. The van der Waals surface area contributed by atoms with E-state index in [1.54, 1.807) is 31.8 Å². The van der Waals surface area contributed by atoms with Crippen molar-refractivity contribution < 1.29 is 19.4 Å². The van der Waals surface area contributed by atoms with Crippen LogP contribution in [0.15, 0.2) is 90.1 Å². The van der Waals surface area contributed by atoms with E-state index in [9.17, 15) is 9.90 Å². The first-order valence-corrected chi connectivity index (χ1v) is 16.5. The third-order valence-electron chi connectivity index (χ3n) is 7.70. The second-order valence-corrected chi connectivity index (χ2v) is 14.9. The molecule has 0 aliphatic rings. The first kappa shape index (κ1) is 33.1. The van der Waals surface area contributed by atoms with E-state index in [1.807, 2.05) is 49.5 Å². The van der Waals surface area contributed by atoms with Gasteiger partial charge in [-0.3, -0.25) is 9.78 Å². The van der Waals surface area contributed by atoms with Crippen molar-refractivity contribution in [2.75, 3.05) is 13.2 Å². The van der Waals surface area contributed by atoms with Gasteiger partial charge in [0.1, 0.15) is 5.75 Å². The van der Waals surface area contributed by atoms with Gasteiger partial charge < -0.3 is 19.1 Å². The molecular weight excluding hydrogens is 595 g/mol. The predicted molar refractivity (Wildman–Crippen MR) is 186 cm³/mol. The van der Waals surface area contributed by atoms with Crippen LogP contribution in [0.1, 0.15) is 58.5 Å². The highest BCUT2D eigenvalue weighted by molar-refractivity contribution is 8.00. The van der Waals surface area contributed by atoms with Crippen LogP contribution in [0.25, 0.3) is 22.0 Å². The monoisotopic (exact) mass is 637 g/mol. The zero-order valence-corrected chi connectivity index (χ0v) is 28.4. The van der Waals surface area contributed by atoms with Crippen LogP contribution in [0.5, 0.6) is 11.6 Å². The van der Waals surface area contributed by atoms with E-state index in [0.717, 1.165) is 49.6 Å². The largest absolute Gasteiger partial charge is 0.493 e. The maximum Gasteiger partial charge on any atom is 0.309 e. The summed E-state index contributed by atoms with van der Waals surface area (Å²) in [6, 6.07) is 24.5. The number of carboxylic acids is 1. The van der Waals surface area contributed by atoms with E-state index < -0.39 is 11.4 Å². The number of nitrogens with zero attached hydrogens (tertiary/aromatic N) is 3. The van der Waals surface area contributed by atoms with E-state index >= 15 is 0 Å². The number of carbonyl (C=O) groups is 1. The average molecular weight is 638 g/mol. The molecule has 3 aromatic heterocycles. The molecular formula is C38H43N3O4S. The first-order chi connectivity index (χ1) is 21.9. The maximum absolute atomic E-state index is 12.4. The Hall–Kier alpha value is -4.30. The van der Waals surface area contributed by atoms with Crippen LogP contribution in [0, 0.1) is 5.41 Å². The lowest BCUT2D eigenvalue weighted by atomic mass is 9.88. The number of pyridine rings is 2. The standard InChI is InChI=1S/C38H43N3O4S/c1-7-44-34-18-15-28(24-40-34)27-13-11-26(12-14-27)25-41-32-17-16-30(45-21-19-29-10-8-9-20-39-29)22-31(32)35(46-37(2,3)4)33(41)23-38(5,6)36(42)43/h8-18,20,22,24H,7,19,21,23,25H2,1-6H3,(H,42,43). The smallest absolute Gasteiger partial charge is 0.309 e. The summed E-state index contributed by atoms with van der Waals surface area (Å²) in [7, 11) is 0. The number of hydrogen-bond acceptors (Lipinski definition) is 6. The van der Waals surface area contributed by atoms with E-state index in [4.69, 9.17) is 9.47 Å². The van der Waals surface area contributed by atoms with Gasteiger partial charge in [-0.15, -0.1) is 11.8 Å². The summed E-state index contributed by atoms with van der Waals surface area (Å²) in [6.07, 6.45) is 4.73. The van der Waals surface area contributed by atoms with Gasteiger partial charge in [0.15, 0.2) is 0 Å². The zero-order chi connectivity index (χ0) is 32.9. The van der Waals surface area contributed by atoms with E-state index in [-0.39, 0.29) is 4.75 Å². The Morgan fingerprint density at radius 2 is 1.67 bits per heavy atom. The topological polar surface area (TPSA) is 86.5 Å². The van der Waals surface area contributed by atoms with Crippen LogP contribution in [-0.2, 0) is 24.2 Å². The average Bonchev–Trinajstić information content (AvgIpc) is 3.28. The molecule has 240 valence electrons. The fourth-order valence-electron chi connectivity index (χ4n) is 5.31. The van der Waals surface area contributed by atoms with Gasteiger partial charge >= 0.3 is 5.97 Å². The van der Waals surface area contributed by atoms with Crippen molar-refractivity contribution in [3.63, 3.8) is 0 Å². The molecule has 5 rings (SSSR count). The number of benzene rings is 2. The molecule has 8 heteroatoms. The van der Waals surface area contributed by atoms with Gasteiger partial charge in [-0.2, -0.15) is 0 Å². The zero-order valence-electron chi connectivity index (χ0n) is 27.5. The highest BCUT2D eigenvalue weighted by Gasteiger charge is 2.33. The number of aromatic nitrogens is 3. The summed E-state index contributed by atoms with van der Waals surface area (Å²) in [4.78, 5) is 22.3. The summed E-state index contributed by atoms with van der Waals surface area (Å²) < 4.78 is 13.9. The quantitative estimate of drug-likeness (QED) is 0.129. The lowest BCUT2D eigenvalue weighted by Gasteiger charge is -2.24. The normalized spacial score (nSPS) is 12.0. The third-order valence-corrected chi connectivity index (χ3v) is 8.97. The Labute approximate surface area is 276 Å². The second kappa shape index (κ2) is 14.0. The Morgan fingerprint density at radius 3 is 2.30 bits per heavy atom. The van der Waals surface area contributed by atoms with E-state index in [1.165, 1.54) is 0 Å². The minimum Gasteiger partial charge on any atom is -0.493 e. The lowest BCUT2D eigenvalue weighted by molar-refractivity contribution is -0.146. The number of aliphatic carboxylic acids is 1. The Bertz CT molecular complexity index is 1770. The molecule has 5 aromatic rings. The van der Waals surface area contributed by atoms with Gasteiger partial charge in [0.05, 0.1) is 18.6 Å². The molecule has 0 amide bonds. The highest BCUT2D eigenvalue weighted by Crippen LogP contribution is 2.44. The molecule has 2 aromatic carbocycles. The number of carboxylic acid groups (broad SMARTS) is 1. The summed E-state index contributed by atoms with van der Waals surface area (Å²) in [5.74, 6) is 0.585. The molecule has 0 bridgehead atoms. The third kappa shape index (κ3) is 8.10. The Morgan fingerprint density at radius 1 is 0.913 bits per heavy atom. The number of rotatable bonds is 13. The second-order valence-electron chi connectivity index (χ2n) is 13.1. The van der Waals surface area contributed by atoms with Crippen LogP contribution in [0.4, 0.5) is 0 Å². The van der Waals surface area contributed by atoms with Gasteiger partial charge in [-0.05, 0) is 68.3 Å². The molecule has 0 radical (unpaired) electrons. The molecule has 0 aliphatic carbocycles. The van der Waals surface area contributed by atoms with Crippen molar-refractivity contribution in [3.05, 3.63) is 102 Å². The summed E-state index contributed by atoms with van der Waals surface area (Å²) >= 11 is 1.78. The summed E-state index contributed by atoms with van der Waals surface area (Å²) in [6.45, 7) is 13.8. The van der Waals surface area contributed by atoms with Crippen LogP contribution in [0.2, 0.25) is 0 Å². The van der Waals surface area contributed by atoms with Crippen LogP contribution < -0.4 is 9.47 Å². The molecule has 46 heavy (non-hydrogen) atoms. The number of hydrogen-bond donors (Lipinski definition) is 1. The molecule has 0 aliphatic heterocycles. The lowest BCUT2D eigenvalue weighted by Crippen LogP contribution is -2.28. The first-order valence-electron chi connectivity index (χ1n) is 15.7. The van der Waals surface area contributed by atoms with Crippen LogP contribution in [0.3, 0.4) is 0 Å². The molecule has 0 saturated heterocycles. The minimum absolute atomic E-state index is 0.0928. The Kier molecular flexibility index (Phi) is 10.1. The van der Waals surface area contributed by atoms with Crippen molar-refractivity contribution in [2.24, 2.45) is 5.41 Å². The van der Waals surface area contributed by atoms with Crippen LogP contribution >= 0.6 is 11.8 Å².